The Morgan fingerprint density at radius 1 is 1.57 bits per heavy atom. The molecule has 82 valence electrons. The van der Waals surface area contributed by atoms with Gasteiger partial charge >= 0.3 is 0 Å². The molecule has 1 amide bonds. The van der Waals surface area contributed by atoms with Gasteiger partial charge in [0.25, 0.3) is 0 Å². The summed E-state index contributed by atoms with van der Waals surface area (Å²) in [6.45, 7) is 5.34. The minimum Gasteiger partial charge on any atom is -0.396 e. The van der Waals surface area contributed by atoms with Crippen LogP contribution in [0.1, 0.15) is 19.8 Å². The quantitative estimate of drug-likeness (QED) is 0.585. The highest BCUT2D eigenvalue weighted by atomic mass is 16.3. The predicted octanol–water partition coefficient (Wildman–Crippen LogP) is -0.173. The lowest BCUT2D eigenvalue weighted by Crippen LogP contribution is -2.52. The van der Waals surface area contributed by atoms with Crippen LogP contribution in [-0.2, 0) is 4.79 Å². The van der Waals surface area contributed by atoms with E-state index in [9.17, 15) is 4.79 Å². The zero-order valence-electron chi connectivity index (χ0n) is 8.83. The van der Waals surface area contributed by atoms with Gasteiger partial charge in [0.2, 0.25) is 5.91 Å². The molecule has 0 spiro atoms. The zero-order chi connectivity index (χ0) is 10.4. The Balaban J connectivity index is 1.99. The van der Waals surface area contributed by atoms with Gasteiger partial charge in [-0.15, -0.1) is 0 Å². The number of nitrogens with zero attached hydrogens (tertiary/aromatic N) is 1. The summed E-state index contributed by atoms with van der Waals surface area (Å²) in [6, 6.07) is 0. The summed E-state index contributed by atoms with van der Waals surface area (Å²) in [6.07, 6.45) is 2.15. The first-order valence-electron chi connectivity index (χ1n) is 5.36. The molecule has 0 saturated carbocycles. The number of aliphatic hydroxyl groups excluding tert-OH is 1. The minimum absolute atomic E-state index is 0.106. The number of carbonyl (C=O) groups excluding carboxylic acids is 1. The summed E-state index contributed by atoms with van der Waals surface area (Å²) >= 11 is 0. The van der Waals surface area contributed by atoms with Gasteiger partial charge in [-0.1, -0.05) is 13.3 Å². The molecule has 2 N–H and O–H groups in total. The number of amides is 1. The Kier molecular flexibility index (Phi) is 4.90. The second-order valence-electron chi connectivity index (χ2n) is 3.95. The average molecular weight is 200 g/mol. The minimum atomic E-state index is 0.106. The molecule has 1 rings (SSSR count). The second kappa shape index (κ2) is 5.98. The third-order valence-corrected chi connectivity index (χ3v) is 2.51. The third-order valence-electron chi connectivity index (χ3n) is 2.51. The Morgan fingerprint density at radius 2 is 2.29 bits per heavy atom. The third kappa shape index (κ3) is 3.64. The SMILES string of the molecule is CCCCNC(=O)CN1CC(CO)C1. The summed E-state index contributed by atoms with van der Waals surface area (Å²) in [7, 11) is 0. The van der Waals surface area contributed by atoms with Crippen LogP contribution in [0.5, 0.6) is 0 Å². The van der Waals surface area contributed by atoms with E-state index in [0.29, 0.717) is 12.5 Å². The zero-order valence-corrected chi connectivity index (χ0v) is 8.83. The van der Waals surface area contributed by atoms with Gasteiger partial charge in [-0.3, -0.25) is 9.69 Å². The Bertz CT molecular complexity index is 179. The van der Waals surface area contributed by atoms with Gasteiger partial charge in [-0.05, 0) is 6.42 Å². The number of hydrogen-bond acceptors (Lipinski definition) is 3. The van der Waals surface area contributed by atoms with Gasteiger partial charge < -0.3 is 10.4 Å². The van der Waals surface area contributed by atoms with Gasteiger partial charge in [0.15, 0.2) is 0 Å². The van der Waals surface area contributed by atoms with E-state index in [4.69, 9.17) is 5.11 Å². The summed E-state index contributed by atoms with van der Waals surface area (Å²) in [5, 5.41) is 11.7. The number of hydrogen-bond donors (Lipinski definition) is 2. The van der Waals surface area contributed by atoms with Crippen molar-refractivity contribution in [2.45, 2.75) is 19.8 Å². The van der Waals surface area contributed by atoms with Crippen LogP contribution >= 0.6 is 0 Å². The van der Waals surface area contributed by atoms with Crippen molar-refractivity contribution < 1.29 is 9.90 Å². The fraction of sp³-hybridized carbons (Fsp3) is 0.900. The van der Waals surface area contributed by atoms with Crippen molar-refractivity contribution in [1.82, 2.24) is 10.2 Å². The first kappa shape index (κ1) is 11.5. The van der Waals surface area contributed by atoms with Crippen molar-refractivity contribution >= 4 is 5.91 Å². The maximum Gasteiger partial charge on any atom is 0.234 e. The van der Waals surface area contributed by atoms with Crippen LogP contribution in [0, 0.1) is 5.92 Å². The molecule has 1 fully saturated rings. The van der Waals surface area contributed by atoms with Gasteiger partial charge in [-0.2, -0.15) is 0 Å². The molecule has 0 atom stereocenters. The fourth-order valence-corrected chi connectivity index (χ4v) is 1.58. The highest BCUT2D eigenvalue weighted by molar-refractivity contribution is 5.78. The van der Waals surface area contributed by atoms with E-state index in [-0.39, 0.29) is 12.5 Å². The summed E-state index contributed by atoms with van der Waals surface area (Å²) < 4.78 is 0. The van der Waals surface area contributed by atoms with Crippen molar-refractivity contribution in [2.24, 2.45) is 5.92 Å². The summed E-state index contributed by atoms with van der Waals surface area (Å²) in [4.78, 5) is 13.4. The smallest absolute Gasteiger partial charge is 0.234 e. The molecule has 0 aliphatic carbocycles. The Hall–Kier alpha value is -0.610. The van der Waals surface area contributed by atoms with E-state index in [0.717, 1.165) is 32.5 Å². The average Bonchev–Trinajstić information content (AvgIpc) is 2.11. The van der Waals surface area contributed by atoms with E-state index >= 15 is 0 Å². The van der Waals surface area contributed by atoms with Crippen molar-refractivity contribution in [1.29, 1.82) is 0 Å². The van der Waals surface area contributed by atoms with Crippen LogP contribution < -0.4 is 5.32 Å². The maximum absolute atomic E-state index is 11.3. The van der Waals surface area contributed by atoms with E-state index in [1.54, 1.807) is 0 Å². The molecule has 0 aromatic rings. The fourth-order valence-electron chi connectivity index (χ4n) is 1.58. The molecule has 1 aliphatic rings. The van der Waals surface area contributed by atoms with Crippen molar-refractivity contribution in [3.63, 3.8) is 0 Å². The molecular weight excluding hydrogens is 180 g/mol. The maximum atomic E-state index is 11.3. The van der Waals surface area contributed by atoms with E-state index in [1.165, 1.54) is 0 Å². The van der Waals surface area contributed by atoms with Crippen molar-refractivity contribution in [2.75, 3.05) is 32.8 Å². The van der Waals surface area contributed by atoms with Gasteiger partial charge in [0.05, 0.1) is 6.54 Å². The number of nitrogens with one attached hydrogen (secondary N) is 1. The molecule has 1 heterocycles. The number of aliphatic hydroxyl groups is 1. The lowest BCUT2D eigenvalue weighted by molar-refractivity contribution is -0.124. The number of likely N-dealkylation sites (tertiary alicyclic amines) is 1. The molecular formula is C10H20N2O2. The van der Waals surface area contributed by atoms with E-state index in [2.05, 4.69) is 17.1 Å². The lowest BCUT2D eigenvalue weighted by Gasteiger charge is -2.37. The van der Waals surface area contributed by atoms with Gasteiger partial charge in [0.1, 0.15) is 0 Å². The molecule has 1 aliphatic heterocycles. The van der Waals surface area contributed by atoms with Crippen LogP contribution in [-0.4, -0.2) is 48.7 Å². The molecule has 0 radical (unpaired) electrons. The monoisotopic (exact) mass is 200 g/mol. The first-order valence-corrected chi connectivity index (χ1v) is 5.36. The van der Waals surface area contributed by atoms with Crippen LogP contribution in [0.15, 0.2) is 0 Å². The highest BCUT2D eigenvalue weighted by Gasteiger charge is 2.26. The molecule has 0 aromatic heterocycles. The summed E-state index contributed by atoms with van der Waals surface area (Å²) in [5.74, 6) is 0.494. The molecule has 4 nitrogen and oxygen atoms in total. The lowest BCUT2D eigenvalue weighted by atomic mass is 10.0. The van der Waals surface area contributed by atoms with E-state index < -0.39 is 0 Å². The molecule has 1 saturated heterocycles. The molecule has 0 unspecified atom stereocenters. The normalized spacial score (nSPS) is 17.9. The predicted molar refractivity (Wildman–Crippen MR) is 54.9 cm³/mol. The largest absolute Gasteiger partial charge is 0.396 e. The van der Waals surface area contributed by atoms with Crippen LogP contribution in [0.25, 0.3) is 0 Å². The van der Waals surface area contributed by atoms with Crippen LogP contribution in [0.3, 0.4) is 0 Å². The van der Waals surface area contributed by atoms with Crippen molar-refractivity contribution in [3.8, 4) is 0 Å². The molecule has 0 bridgehead atoms. The number of carbonyl (C=O) groups is 1. The van der Waals surface area contributed by atoms with Crippen molar-refractivity contribution in [3.05, 3.63) is 0 Å². The number of unbranched alkanes of at least 4 members (excludes halogenated alkanes) is 1. The van der Waals surface area contributed by atoms with Crippen LogP contribution in [0.2, 0.25) is 0 Å². The van der Waals surface area contributed by atoms with E-state index in [1.807, 2.05) is 0 Å². The standard InChI is InChI=1S/C10H20N2O2/c1-2-3-4-11-10(14)7-12-5-9(6-12)8-13/h9,13H,2-8H2,1H3,(H,11,14). The Labute approximate surface area is 85.3 Å². The summed E-state index contributed by atoms with van der Waals surface area (Å²) in [5.41, 5.74) is 0. The van der Waals surface area contributed by atoms with Crippen LogP contribution in [0.4, 0.5) is 0 Å². The topological polar surface area (TPSA) is 52.6 Å². The second-order valence-corrected chi connectivity index (χ2v) is 3.95. The van der Waals surface area contributed by atoms with Gasteiger partial charge in [-0.25, -0.2) is 0 Å². The number of rotatable bonds is 6. The van der Waals surface area contributed by atoms with Gasteiger partial charge in [0, 0.05) is 32.2 Å². The molecule has 14 heavy (non-hydrogen) atoms. The molecule has 4 heteroatoms. The molecule has 0 aromatic carbocycles. The Morgan fingerprint density at radius 3 is 2.86 bits per heavy atom. The highest BCUT2D eigenvalue weighted by Crippen LogP contribution is 2.13. The first-order chi connectivity index (χ1) is 6.76.